The largest absolute Gasteiger partial charge is 0.497 e. The number of halogens is 1. The van der Waals surface area contributed by atoms with Crippen molar-refractivity contribution >= 4 is 22.5 Å². The SMILES string of the molecule is COc1ccc2c3c(n(C)c2c1)[C@H](CO)N(Cc1ccc(Cl)cc1)CC31CN(CC2CC2)C1. The number of aliphatic hydroxyl groups excluding tert-OH is 1. The van der Waals surface area contributed by atoms with Crippen LogP contribution in [0.3, 0.4) is 0 Å². The van der Waals surface area contributed by atoms with Gasteiger partial charge in [-0.05, 0) is 54.2 Å². The smallest absolute Gasteiger partial charge is 0.120 e. The first-order chi connectivity index (χ1) is 16.0. The Kier molecular flexibility index (Phi) is 5.22. The van der Waals surface area contributed by atoms with E-state index in [2.05, 4.69) is 51.7 Å². The Morgan fingerprint density at radius 3 is 2.52 bits per heavy atom. The molecule has 3 aromatic rings. The summed E-state index contributed by atoms with van der Waals surface area (Å²) >= 11 is 6.13. The van der Waals surface area contributed by atoms with Gasteiger partial charge in [-0.25, -0.2) is 0 Å². The highest BCUT2D eigenvalue weighted by Crippen LogP contribution is 2.50. The molecule has 0 radical (unpaired) electrons. The summed E-state index contributed by atoms with van der Waals surface area (Å²) < 4.78 is 7.84. The average molecular weight is 466 g/mol. The van der Waals surface area contributed by atoms with E-state index in [9.17, 15) is 5.11 Å². The van der Waals surface area contributed by atoms with E-state index in [1.807, 2.05) is 12.1 Å². The van der Waals surface area contributed by atoms with Crippen LogP contribution < -0.4 is 4.74 Å². The zero-order chi connectivity index (χ0) is 22.7. The molecule has 6 rings (SSSR count). The number of nitrogens with zero attached hydrogens (tertiary/aromatic N) is 3. The van der Waals surface area contributed by atoms with Gasteiger partial charge in [-0.3, -0.25) is 4.90 Å². The molecule has 1 aromatic heterocycles. The van der Waals surface area contributed by atoms with Gasteiger partial charge >= 0.3 is 0 Å². The van der Waals surface area contributed by atoms with Gasteiger partial charge in [0.25, 0.3) is 0 Å². The number of ether oxygens (including phenoxy) is 1. The van der Waals surface area contributed by atoms with Crippen LogP contribution in [0.15, 0.2) is 42.5 Å². The molecule has 0 bridgehead atoms. The summed E-state index contributed by atoms with van der Waals surface area (Å²) in [6.45, 7) is 5.28. The van der Waals surface area contributed by atoms with Crippen molar-refractivity contribution in [1.29, 1.82) is 0 Å². The Balaban J connectivity index is 1.44. The first-order valence-corrected chi connectivity index (χ1v) is 12.4. The Morgan fingerprint density at radius 2 is 1.85 bits per heavy atom. The standard InChI is InChI=1S/C27H32ClN3O2/c1-29-23-11-21(33-2)9-10-22(23)25-26(29)24(14-32)31(13-19-5-7-20(28)8-6-19)17-27(25)15-30(16-27)12-18-3-4-18/h5-11,18,24,32H,3-4,12-17H2,1-2H3/t24-/m0/s1. The van der Waals surface area contributed by atoms with Gasteiger partial charge in [0.2, 0.25) is 0 Å². The maximum absolute atomic E-state index is 10.6. The highest BCUT2D eigenvalue weighted by Gasteiger charge is 2.53. The normalized spacial score (nSPS) is 22.5. The van der Waals surface area contributed by atoms with E-state index in [1.54, 1.807) is 7.11 Å². The van der Waals surface area contributed by atoms with Crippen LogP contribution in [0.1, 0.15) is 35.7 Å². The maximum Gasteiger partial charge on any atom is 0.120 e. The zero-order valence-corrected chi connectivity index (χ0v) is 20.2. The molecule has 174 valence electrons. The van der Waals surface area contributed by atoms with Crippen LogP contribution in [0, 0.1) is 5.92 Å². The molecule has 1 spiro atoms. The van der Waals surface area contributed by atoms with E-state index in [-0.39, 0.29) is 18.1 Å². The number of methoxy groups -OCH3 is 1. The molecule has 33 heavy (non-hydrogen) atoms. The number of aromatic nitrogens is 1. The minimum absolute atomic E-state index is 0.0396. The topological polar surface area (TPSA) is 40.9 Å². The number of hydrogen-bond acceptors (Lipinski definition) is 4. The summed E-state index contributed by atoms with van der Waals surface area (Å²) in [4.78, 5) is 5.12. The molecule has 0 unspecified atom stereocenters. The number of aliphatic hydroxyl groups is 1. The third-order valence-corrected chi connectivity index (χ3v) is 8.24. The molecule has 1 saturated heterocycles. The average Bonchev–Trinajstić information content (AvgIpc) is 3.57. The van der Waals surface area contributed by atoms with Crippen LogP contribution in [0.2, 0.25) is 5.02 Å². The lowest BCUT2D eigenvalue weighted by molar-refractivity contribution is -0.0110. The van der Waals surface area contributed by atoms with Gasteiger partial charge in [0.1, 0.15) is 5.75 Å². The molecule has 1 aliphatic carbocycles. The summed E-state index contributed by atoms with van der Waals surface area (Å²) in [5, 5.41) is 12.7. The molecule has 1 N–H and O–H groups in total. The Bertz CT molecular complexity index is 1180. The third kappa shape index (κ3) is 3.57. The predicted molar refractivity (Wildman–Crippen MR) is 132 cm³/mol. The van der Waals surface area contributed by atoms with Crippen molar-refractivity contribution in [2.75, 3.05) is 39.9 Å². The second-order valence-electron chi connectivity index (χ2n) is 10.3. The van der Waals surface area contributed by atoms with Gasteiger partial charge in [0.15, 0.2) is 0 Å². The molecule has 0 amide bonds. The van der Waals surface area contributed by atoms with Crippen molar-refractivity contribution < 1.29 is 9.84 Å². The molecule has 2 fully saturated rings. The quantitative estimate of drug-likeness (QED) is 0.587. The molecule has 3 heterocycles. The summed E-state index contributed by atoms with van der Waals surface area (Å²) in [5.41, 5.74) is 5.21. The van der Waals surface area contributed by atoms with Crippen molar-refractivity contribution in [3.05, 3.63) is 64.3 Å². The lowest BCUT2D eigenvalue weighted by atomic mass is 9.68. The van der Waals surface area contributed by atoms with Gasteiger partial charge in [0, 0.05) is 67.4 Å². The molecular formula is C27H32ClN3O2. The predicted octanol–water partition coefficient (Wildman–Crippen LogP) is 4.35. The number of hydrogen-bond donors (Lipinski definition) is 1. The second kappa shape index (κ2) is 8.02. The number of fused-ring (bicyclic) bond motifs is 4. The molecule has 2 aliphatic heterocycles. The third-order valence-electron chi connectivity index (χ3n) is 7.98. The van der Waals surface area contributed by atoms with Crippen LogP contribution in [-0.2, 0) is 19.0 Å². The maximum atomic E-state index is 10.6. The summed E-state index contributed by atoms with van der Waals surface area (Å²) in [5.74, 6) is 1.77. The first kappa shape index (κ1) is 21.5. The number of aryl methyl sites for hydroxylation is 1. The monoisotopic (exact) mass is 465 g/mol. The molecule has 1 atom stereocenters. The number of likely N-dealkylation sites (tertiary alicyclic amines) is 1. The highest BCUT2D eigenvalue weighted by molar-refractivity contribution is 6.30. The van der Waals surface area contributed by atoms with Crippen LogP contribution in [-0.4, -0.2) is 59.4 Å². The lowest BCUT2D eigenvalue weighted by Gasteiger charge is -2.56. The zero-order valence-electron chi connectivity index (χ0n) is 19.4. The van der Waals surface area contributed by atoms with E-state index in [1.165, 1.54) is 47.1 Å². The lowest BCUT2D eigenvalue weighted by Crippen LogP contribution is -2.66. The van der Waals surface area contributed by atoms with Crippen molar-refractivity contribution in [2.24, 2.45) is 13.0 Å². The van der Waals surface area contributed by atoms with Gasteiger partial charge in [0.05, 0.1) is 25.3 Å². The summed E-state index contributed by atoms with van der Waals surface area (Å²) in [7, 11) is 3.86. The van der Waals surface area contributed by atoms with Crippen molar-refractivity contribution in [2.45, 2.75) is 30.8 Å². The molecule has 3 aliphatic rings. The molecule has 6 heteroatoms. The Labute approximate surface area is 200 Å². The van der Waals surface area contributed by atoms with E-state index in [4.69, 9.17) is 16.3 Å². The fraction of sp³-hybridized carbons (Fsp3) is 0.481. The molecule has 5 nitrogen and oxygen atoms in total. The first-order valence-electron chi connectivity index (χ1n) is 12.0. The minimum atomic E-state index is -0.0396. The van der Waals surface area contributed by atoms with Crippen LogP contribution in [0.5, 0.6) is 5.75 Å². The fourth-order valence-corrected chi connectivity index (χ4v) is 6.44. The summed E-state index contributed by atoms with van der Waals surface area (Å²) in [6, 6.07) is 14.5. The van der Waals surface area contributed by atoms with Gasteiger partial charge in [-0.2, -0.15) is 0 Å². The minimum Gasteiger partial charge on any atom is -0.497 e. The van der Waals surface area contributed by atoms with Gasteiger partial charge in [-0.1, -0.05) is 23.7 Å². The van der Waals surface area contributed by atoms with Crippen molar-refractivity contribution in [3.8, 4) is 5.75 Å². The van der Waals surface area contributed by atoms with Gasteiger partial charge in [-0.15, -0.1) is 0 Å². The molecule has 1 saturated carbocycles. The van der Waals surface area contributed by atoms with E-state index in [0.29, 0.717) is 0 Å². The highest BCUT2D eigenvalue weighted by atomic mass is 35.5. The van der Waals surface area contributed by atoms with Crippen LogP contribution in [0.25, 0.3) is 10.9 Å². The molecular weight excluding hydrogens is 434 g/mol. The van der Waals surface area contributed by atoms with Crippen LogP contribution >= 0.6 is 11.6 Å². The molecule has 2 aromatic carbocycles. The second-order valence-corrected chi connectivity index (χ2v) is 10.8. The fourth-order valence-electron chi connectivity index (χ4n) is 6.32. The number of rotatable bonds is 6. The Hall–Kier alpha value is -2.05. The van der Waals surface area contributed by atoms with Gasteiger partial charge < -0.3 is 19.3 Å². The summed E-state index contributed by atoms with van der Waals surface area (Å²) in [6.07, 6.45) is 2.77. The van der Waals surface area contributed by atoms with Crippen molar-refractivity contribution in [1.82, 2.24) is 14.4 Å². The van der Waals surface area contributed by atoms with E-state index in [0.717, 1.165) is 42.9 Å². The van der Waals surface area contributed by atoms with E-state index < -0.39 is 0 Å². The van der Waals surface area contributed by atoms with Crippen LogP contribution in [0.4, 0.5) is 0 Å². The number of benzene rings is 2. The Morgan fingerprint density at radius 1 is 1.09 bits per heavy atom. The van der Waals surface area contributed by atoms with E-state index >= 15 is 0 Å². The van der Waals surface area contributed by atoms with Crippen molar-refractivity contribution in [3.63, 3.8) is 0 Å².